The molecule has 0 aliphatic carbocycles. The summed E-state index contributed by atoms with van der Waals surface area (Å²) in [6, 6.07) is 9.64. The zero-order valence-corrected chi connectivity index (χ0v) is 18.8. The Morgan fingerprint density at radius 3 is 2.62 bits per heavy atom. The fraction of sp³-hybridized carbons (Fsp3) is 0.231. The molecule has 170 valence electrons. The molecule has 1 aliphatic rings. The van der Waals surface area contributed by atoms with E-state index in [2.05, 4.69) is 19.9 Å². The van der Waals surface area contributed by atoms with Gasteiger partial charge in [0.25, 0.3) is 5.91 Å². The highest BCUT2D eigenvalue weighted by molar-refractivity contribution is 5.95. The fourth-order valence-electron chi connectivity index (χ4n) is 4.14. The minimum atomic E-state index is -0.0452. The molecule has 5 rings (SSSR count). The van der Waals surface area contributed by atoms with Gasteiger partial charge in [0, 0.05) is 61.1 Å². The highest BCUT2D eigenvalue weighted by atomic mass is 16.5. The van der Waals surface area contributed by atoms with Gasteiger partial charge in [0.15, 0.2) is 0 Å². The molecule has 1 saturated heterocycles. The van der Waals surface area contributed by atoms with E-state index in [1.54, 1.807) is 37.2 Å². The highest BCUT2D eigenvalue weighted by Crippen LogP contribution is 2.29. The maximum absolute atomic E-state index is 13.3. The lowest BCUT2D eigenvalue weighted by atomic mass is 9.94. The quantitative estimate of drug-likeness (QED) is 0.442. The lowest BCUT2D eigenvalue weighted by Gasteiger charge is -2.32. The van der Waals surface area contributed by atoms with E-state index in [-0.39, 0.29) is 11.8 Å². The summed E-state index contributed by atoms with van der Waals surface area (Å²) in [4.78, 5) is 36.6. The molecule has 4 aromatic rings. The van der Waals surface area contributed by atoms with Crippen molar-refractivity contribution in [1.82, 2.24) is 29.8 Å². The fourth-order valence-corrected chi connectivity index (χ4v) is 4.14. The first kappa shape index (κ1) is 21.6. The second kappa shape index (κ2) is 9.74. The van der Waals surface area contributed by atoms with E-state index in [0.717, 1.165) is 41.0 Å². The monoisotopic (exact) mass is 452 g/mol. The maximum Gasteiger partial charge on any atom is 0.255 e. The van der Waals surface area contributed by atoms with Gasteiger partial charge < -0.3 is 9.64 Å². The molecule has 0 bridgehead atoms. The number of carbonyl (C=O) groups excluding carboxylic acids is 1. The van der Waals surface area contributed by atoms with Crippen molar-refractivity contribution in [2.45, 2.75) is 25.7 Å². The Bertz CT molecular complexity index is 1300. The predicted molar refractivity (Wildman–Crippen MR) is 126 cm³/mol. The van der Waals surface area contributed by atoms with Crippen LogP contribution in [-0.4, -0.2) is 48.8 Å². The van der Waals surface area contributed by atoms with Crippen molar-refractivity contribution in [2.75, 3.05) is 13.1 Å². The van der Waals surface area contributed by atoms with Crippen LogP contribution in [0.2, 0.25) is 0 Å². The summed E-state index contributed by atoms with van der Waals surface area (Å²) in [6.07, 6.45) is 13.4. The molecule has 0 radical (unpaired) electrons. The highest BCUT2D eigenvalue weighted by Gasteiger charge is 2.27. The minimum Gasteiger partial charge on any atom is -0.437 e. The number of rotatable bonds is 5. The molecule has 8 nitrogen and oxygen atoms in total. The van der Waals surface area contributed by atoms with Gasteiger partial charge in [0.1, 0.15) is 12.1 Å². The van der Waals surface area contributed by atoms with Gasteiger partial charge in [0.05, 0.1) is 17.5 Å². The molecule has 0 saturated carbocycles. The second-order valence-corrected chi connectivity index (χ2v) is 8.33. The number of benzene rings is 1. The molecule has 1 amide bonds. The average Bonchev–Trinajstić information content (AvgIpc) is 2.90. The summed E-state index contributed by atoms with van der Waals surface area (Å²) in [5.41, 5.74) is 4.04. The van der Waals surface area contributed by atoms with Crippen molar-refractivity contribution in [3.8, 4) is 22.8 Å². The van der Waals surface area contributed by atoms with Gasteiger partial charge in [0.2, 0.25) is 5.88 Å². The summed E-state index contributed by atoms with van der Waals surface area (Å²) < 4.78 is 5.97. The molecule has 34 heavy (non-hydrogen) atoms. The van der Waals surface area contributed by atoms with Gasteiger partial charge in [-0.05, 0) is 37.5 Å². The van der Waals surface area contributed by atoms with Crippen LogP contribution in [-0.2, 0) is 0 Å². The van der Waals surface area contributed by atoms with Crippen molar-refractivity contribution < 1.29 is 9.53 Å². The Labute approximate surface area is 197 Å². The molecule has 4 heterocycles. The van der Waals surface area contributed by atoms with Crippen molar-refractivity contribution in [1.29, 1.82) is 0 Å². The first-order valence-corrected chi connectivity index (χ1v) is 11.2. The lowest BCUT2D eigenvalue weighted by molar-refractivity contribution is 0.0705. The molecular formula is C26H24N6O2. The summed E-state index contributed by atoms with van der Waals surface area (Å²) in [5.74, 6) is 1.25. The van der Waals surface area contributed by atoms with E-state index >= 15 is 0 Å². The number of hydrogen-bond acceptors (Lipinski definition) is 7. The van der Waals surface area contributed by atoms with Crippen LogP contribution in [0.25, 0.3) is 11.1 Å². The zero-order chi connectivity index (χ0) is 23.3. The van der Waals surface area contributed by atoms with Crippen LogP contribution in [0, 0.1) is 6.92 Å². The number of pyridine rings is 1. The molecular weight excluding hydrogens is 428 g/mol. The number of aryl methyl sites for hydroxylation is 1. The standard InChI is InChI=1S/C26H24N6O2/c1-18-5-2-3-7-24(18)34-25-15-28-14-23(31-25)19-6-4-8-32(16-19)26(33)21-9-20(10-27-11-21)22-12-29-17-30-13-22/h2-3,5,7,9-15,17,19H,4,6,8,16H2,1H3/t19-/m1/s1. The summed E-state index contributed by atoms with van der Waals surface area (Å²) in [6.45, 7) is 3.26. The Morgan fingerprint density at radius 2 is 1.76 bits per heavy atom. The molecule has 1 aromatic carbocycles. The topological polar surface area (TPSA) is 94.0 Å². The van der Waals surface area contributed by atoms with E-state index < -0.39 is 0 Å². The number of hydrogen-bond donors (Lipinski definition) is 0. The van der Waals surface area contributed by atoms with Gasteiger partial charge in [-0.1, -0.05) is 18.2 Å². The van der Waals surface area contributed by atoms with Crippen LogP contribution < -0.4 is 4.74 Å². The smallest absolute Gasteiger partial charge is 0.255 e. The summed E-state index contributed by atoms with van der Waals surface area (Å²) in [5, 5.41) is 0. The number of amides is 1. The van der Waals surface area contributed by atoms with Crippen molar-refractivity contribution in [2.24, 2.45) is 0 Å². The number of piperidine rings is 1. The van der Waals surface area contributed by atoms with Gasteiger partial charge in [-0.3, -0.25) is 14.8 Å². The Morgan fingerprint density at radius 1 is 0.971 bits per heavy atom. The molecule has 3 aromatic heterocycles. The van der Waals surface area contributed by atoms with Crippen LogP contribution in [0.1, 0.15) is 40.4 Å². The van der Waals surface area contributed by atoms with Gasteiger partial charge >= 0.3 is 0 Å². The molecule has 0 spiro atoms. The lowest BCUT2D eigenvalue weighted by Crippen LogP contribution is -2.39. The molecule has 8 heteroatoms. The number of likely N-dealkylation sites (tertiary alicyclic amines) is 1. The van der Waals surface area contributed by atoms with Crippen molar-refractivity contribution in [3.63, 3.8) is 0 Å². The molecule has 1 aliphatic heterocycles. The summed E-state index contributed by atoms with van der Waals surface area (Å²) >= 11 is 0. The van der Waals surface area contributed by atoms with E-state index in [9.17, 15) is 4.79 Å². The zero-order valence-electron chi connectivity index (χ0n) is 18.8. The SMILES string of the molecule is Cc1ccccc1Oc1cncc([C@@H]2CCCN(C(=O)c3cncc(-c4cncnc4)c3)C2)n1. The van der Waals surface area contributed by atoms with E-state index in [1.807, 2.05) is 42.2 Å². The van der Waals surface area contributed by atoms with Gasteiger partial charge in [-0.15, -0.1) is 0 Å². The number of para-hydroxylation sites is 1. The molecule has 1 fully saturated rings. The van der Waals surface area contributed by atoms with Crippen molar-refractivity contribution >= 4 is 5.91 Å². The number of nitrogens with zero attached hydrogens (tertiary/aromatic N) is 6. The Hall–Kier alpha value is -4.20. The third kappa shape index (κ3) is 4.76. The van der Waals surface area contributed by atoms with Gasteiger partial charge in [-0.2, -0.15) is 0 Å². The van der Waals surface area contributed by atoms with Gasteiger partial charge in [-0.25, -0.2) is 15.0 Å². The maximum atomic E-state index is 13.3. The normalized spacial score (nSPS) is 15.7. The number of ether oxygens (including phenoxy) is 1. The first-order chi connectivity index (χ1) is 16.7. The molecule has 0 unspecified atom stereocenters. The predicted octanol–water partition coefficient (Wildman–Crippen LogP) is 4.45. The number of carbonyl (C=O) groups is 1. The average molecular weight is 453 g/mol. The molecule has 0 N–H and O–H groups in total. The van der Waals surface area contributed by atoms with Crippen LogP contribution in [0.4, 0.5) is 0 Å². The second-order valence-electron chi connectivity index (χ2n) is 8.33. The van der Waals surface area contributed by atoms with E-state index in [1.165, 1.54) is 6.33 Å². The molecule has 1 atom stereocenters. The van der Waals surface area contributed by atoms with E-state index in [4.69, 9.17) is 9.72 Å². The van der Waals surface area contributed by atoms with Crippen LogP contribution in [0.3, 0.4) is 0 Å². The minimum absolute atomic E-state index is 0.0452. The first-order valence-electron chi connectivity index (χ1n) is 11.2. The van der Waals surface area contributed by atoms with E-state index in [0.29, 0.717) is 24.5 Å². The third-order valence-electron chi connectivity index (χ3n) is 5.95. The third-order valence-corrected chi connectivity index (χ3v) is 5.95. The van der Waals surface area contributed by atoms with Crippen LogP contribution in [0.15, 0.2) is 73.8 Å². The largest absolute Gasteiger partial charge is 0.437 e. The number of aromatic nitrogens is 5. The van der Waals surface area contributed by atoms with Crippen LogP contribution in [0.5, 0.6) is 11.6 Å². The summed E-state index contributed by atoms with van der Waals surface area (Å²) in [7, 11) is 0. The Kier molecular flexibility index (Phi) is 6.20. The van der Waals surface area contributed by atoms with Crippen LogP contribution >= 0.6 is 0 Å². The van der Waals surface area contributed by atoms with Crippen molar-refractivity contribution in [3.05, 3.63) is 90.7 Å². The Balaban J connectivity index is 1.32.